The van der Waals surface area contributed by atoms with Crippen LogP contribution in [0, 0.1) is 17.6 Å². The largest absolute Gasteiger partial charge is 0.487 e. The maximum atomic E-state index is 14.0. The lowest BCUT2D eigenvalue weighted by Gasteiger charge is -2.17. The van der Waals surface area contributed by atoms with Crippen LogP contribution in [0.25, 0.3) is 10.9 Å². The molecule has 0 unspecified atom stereocenters. The average Bonchev–Trinajstić information content (AvgIpc) is 3.64. The highest BCUT2D eigenvalue weighted by Gasteiger charge is 2.32. The molecule has 0 bridgehead atoms. The molecule has 0 saturated heterocycles. The molecule has 1 aliphatic rings. The molecule has 5 rings (SSSR count). The molecule has 1 amide bonds. The van der Waals surface area contributed by atoms with Gasteiger partial charge >= 0.3 is 6.09 Å². The van der Waals surface area contributed by atoms with Gasteiger partial charge in [0.15, 0.2) is 0 Å². The minimum atomic E-state index is -0.772. The fraction of sp³-hybridized carbons (Fsp3) is 0.185. The summed E-state index contributed by atoms with van der Waals surface area (Å²) in [5, 5.41) is 0.636. The van der Waals surface area contributed by atoms with E-state index < -0.39 is 17.7 Å². The van der Waals surface area contributed by atoms with Crippen LogP contribution in [-0.4, -0.2) is 23.6 Å². The van der Waals surface area contributed by atoms with Crippen LogP contribution < -0.4 is 14.4 Å². The molecule has 1 saturated carbocycles. The van der Waals surface area contributed by atoms with Gasteiger partial charge in [0.1, 0.15) is 29.7 Å². The summed E-state index contributed by atoms with van der Waals surface area (Å²) in [5.41, 5.74) is 1.54. The smallest absolute Gasteiger partial charge is 0.424 e. The molecule has 0 spiro atoms. The predicted molar refractivity (Wildman–Crippen MR) is 127 cm³/mol. The van der Waals surface area contributed by atoms with Crippen LogP contribution in [0.15, 0.2) is 72.8 Å². The van der Waals surface area contributed by atoms with E-state index in [-0.39, 0.29) is 24.2 Å². The van der Waals surface area contributed by atoms with Crippen molar-refractivity contribution in [1.82, 2.24) is 4.57 Å². The number of fused-ring (bicyclic) bond motifs is 1. The van der Waals surface area contributed by atoms with Crippen molar-refractivity contribution in [2.24, 2.45) is 5.92 Å². The van der Waals surface area contributed by atoms with Crippen LogP contribution in [0.5, 0.6) is 11.5 Å². The quantitative estimate of drug-likeness (QED) is 0.347. The van der Waals surface area contributed by atoms with Crippen LogP contribution in [-0.2, 0) is 11.4 Å². The first-order chi connectivity index (χ1) is 16.9. The molecule has 4 aromatic rings. The molecule has 6 nitrogen and oxygen atoms in total. The van der Waals surface area contributed by atoms with Gasteiger partial charge in [-0.1, -0.05) is 0 Å². The molecule has 1 aromatic heterocycles. The van der Waals surface area contributed by atoms with Gasteiger partial charge in [0.2, 0.25) is 5.91 Å². The highest BCUT2D eigenvalue weighted by molar-refractivity contribution is 5.96. The second-order valence-electron chi connectivity index (χ2n) is 8.45. The first kappa shape index (κ1) is 22.6. The predicted octanol–water partition coefficient (Wildman–Crippen LogP) is 5.92. The summed E-state index contributed by atoms with van der Waals surface area (Å²) in [6, 6.07) is 17.9. The summed E-state index contributed by atoms with van der Waals surface area (Å²) in [6.07, 6.45) is 1.10. The number of ether oxygens (including phenoxy) is 2. The van der Waals surface area contributed by atoms with E-state index >= 15 is 0 Å². The monoisotopic (exact) mass is 476 g/mol. The Kier molecular flexibility index (Phi) is 5.94. The van der Waals surface area contributed by atoms with E-state index in [2.05, 4.69) is 0 Å². The number of rotatable bonds is 6. The van der Waals surface area contributed by atoms with Gasteiger partial charge in [0.05, 0.1) is 11.2 Å². The van der Waals surface area contributed by atoms with Crippen molar-refractivity contribution in [1.29, 1.82) is 0 Å². The number of carbonyl (C=O) groups is 2. The highest BCUT2D eigenvalue weighted by atomic mass is 19.1. The maximum Gasteiger partial charge on any atom is 0.424 e. The first-order valence-corrected chi connectivity index (χ1v) is 11.2. The third kappa shape index (κ3) is 4.87. The Hall–Kier alpha value is -4.20. The van der Waals surface area contributed by atoms with Gasteiger partial charge in [-0.05, 0) is 85.6 Å². The van der Waals surface area contributed by atoms with Crippen LogP contribution >= 0.6 is 0 Å². The molecule has 1 fully saturated rings. The zero-order valence-corrected chi connectivity index (χ0v) is 18.9. The molecule has 1 aliphatic carbocycles. The molecule has 1 heterocycles. The lowest BCUT2D eigenvalue weighted by molar-refractivity contribution is -0.119. The van der Waals surface area contributed by atoms with E-state index in [1.807, 2.05) is 0 Å². The van der Waals surface area contributed by atoms with Crippen molar-refractivity contribution >= 4 is 28.6 Å². The van der Waals surface area contributed by atoms with Crippen molar-refractivity contribution in [3.05, 3.63) is 90.1 Å². The van der Waals surface area contributed by atoms with E-state index in [0.29, 0.717) is 22.3 Å². The summed E-state index contributed by atoms with van der Waals surface area (Å²) in [6.45, 7) is 0.00497. The van der Waals surface area contributed by atoms with Crippen LogP contribution in [0.4, 0.5) is 19.3 Å². The van der Waals surface area contributed by atoms with Gasteiger partial charge in [0.25, 0.3) is 0 Å². The number of hydrogen-bond donors (Lipinski definition) is 0. The minimum absolute atomic E-state index is 0.00497. The Labute approximate surface area is 200 Å². The Morgan fingerprint density at radius 3 is 2.26 bits per heavy atom. The molecule has 0 radical (unpaired) electrons. The number of halogens is 2. The average molecular weight is 476 g/mol. The van der Waals surface area contributed by atoms with Crippen molar-refractivity contribution < 1.29 is 27.8 Å². The Morgan fingerprint density at radius 2 is 1.57 bits per heavy atom. The summed E-state index contributed by atoms with van der Waals surface area (Å²) in [5.74, 6) is -0.0360. The van der Waals surface area contributed by atoms with E-state index in [1.54, 1.807) is 48.3 Å². The molecule has 35 heavy (non-hydrogen) atoms. The minimum Gasteiger partial charge on any atom is -0.487 e. The van der Waals surface area contributed by atoms with E-state index in [1.165, 1.54) is 41.0 Å². The Morgan fingerprint density at radius 1 is 0.914 bits per heavy atom. The number of amides is 1. The fourth-order valence-corrected chi connectivity index (χ4v) is 3.86. The van der Waals surface area contributed by atoms with Crippen molar-refractivity contribution in [2.75, 3.05) is 11.9 Å². The number of benzene rings is 3. The summed E-state index contributed by atoms with van der Waals surface area (Å²) < 4.78 is 39.7. The standard InChI is InChI=1S/C27H22F2N2O4/c1-30(26(32)17-2-3-17)21-8-12-23(13-9-21)34-16-22-14-18-4-5-20(29)15-25(18)31(22)27(33)35-24-10-6-19(28)7-11-24/h4-15,17H,2-3,16H2,1H3. The molecular weight excluding hydrogens is 454 g/mol. The number of carbonyl (C=O) groups excluding carboxylic acids is 2. The van der Waals surface area contributed by atoms with Crippen molar-refractivity contribution in [3.63, 3.8) is 0 Å². The molecule has 0 atom stereocenters. The molecule has 3 aromatic carbocycles. The van der Waals surface area contributed by atoms with Crippen LogP contribution in [0.2, 0.25) is 0 Å². The normalized spacial score (nSPS) is 13.0. The van der Waals surface area contributed by atoms with Gasteiger partial charge in [-0.2, -0.15) is 0 Å². The van der Waals surface area contributed by atoms with Gasteiger partial charge in [-0.25, -0.2) is 18.1 Å². The zero-order valence-electron chi connectivity index (χ0n) is 18.9. The van der Waals surface area contributed by atoms with Gasteiger partial charge in [-0.3, -0.25) is 4.79 Å². The van der Waals surface area contributed by atoms with Crippen molar-refractivity contribution in [3.8, 4) is 11.5 Å². The van der Waals surface area contributed by atoms with E-state index in [0.717, 1.165) is 18.5 Å². The van der Waals surface area contributed by atoms with Gasteiger partial charge < -0.3 is 14.4 Å². The second kappa shape index (κ2) is 9.21. The third-order valence-corrected chi connectivity index (χ3v) is 5.91. The maximum absolute atomic E-state index is 14.0. The van der Waals surface area contributed by atoms with Crippen molar-refractivity contribution in [2.45, 2.75) is 19.4 Å². The Bertz CT molecular complexity index is 1390. The first-order valence-electron chi connectivity index (χ1n) is 11.2. The summed E-state index contributed by atoms with van der Waals surface area (Å²) in [4.78, 5) is 26.9. The number of anilines is 1. The van der Waals surface area contributed by atoms with Gasteiger partial charge in [-0.15, -0.1) is 0 Å². The zero-order chi connectivity index (χ0) is 24.5. The number of hydrogen-bond acceptors (Lipinski definition) is 4. The molecule has 0 aliphatic heterocycles. The SMILES string of the molecule is CN(C(=O)C1CC1)c1ccc(OCc2cc3ccc(F)cc3n2C(=O)Oc2ccc(F)cc2)cc1. The molecule has 8 heteroatoms. The lowest BCUT2D eigenvalue weighted by atomic mass is 10.2. The van der Waals surface area contributed by atoms with Crippen LogP contribution in [0.1, 0.15) is 18.5 Å². The Balaban J connectivity index is 1.36. The topological polar surface area (TPSA) is 60.8 Å². The fourth-order valence-electron chi connectivity index (χ4n) is 3.86. The summed E-state index contributed by atoms with van der Waals surface area (Å²) >= 11 is 0. The number of nitrogens with zero attached hydrogens (tertiary/aromatic N) is 2. The molecule has 0 N–H and O–H groups in total. The van der Waals surface area contributed by atoms with Crippen LogP contribution in [0.3, 0.4) is 0 Å². The second-order valence-corrected chi connectivity index (χ2v) is 8.45. The van der Waals surface area contributed by atoms with E-state index in [9.17, 15) is 18.4 Å². The van der Waals surface area contributed by atoms with E-state index in [4.69, 9.17) is 9.47 Å². The lowest BCUT2D eigenvalue weighted by Crippen LogP contribution is -2.27. The molecule has 178 valence electrons. The molecular formula is C27H22F2N2O4. The summed E-state index contributed by atoms with van der Waals surface area (Å²) in [7, 11) is 1.75. The number of aromatic nitrogens is 1. The highest BCUT2D eigenvalue weighted by Crippen LogP contribution is 2.32. The van der Waals surface area contributed by atoms with Gasteiger partial charge in [0, 0.05) is 24.0 Å². The third-order valence-electron chi connectivity index (χ3n) is 5.91.